The Labute approximate surface area is 165 Å². The van der Waals surface area contributed by atoms with Gasteiger partial charge in [-0.1, -0.05) is 13.8 Å². The van der Waals surface area contributed by atoms with Crippen LogP contribution in [0.4, 0.5) is 0 Å². The quantitative estimate of drug-likeness (QED) is 0.605. The van der Waals surface area contributed by atoms with Gasteiger partial charge in [-0.3, -0.25) is 9.59 Å². The van der Waals surface area contributed by atoms with Crippen LogP contribution in [-0.2, 0) is 0 Å². The lowest BCUT2D eigenvalue weighted by molar-refractivity contribution is 0.0793. The number of carbonyl (C=O) groups excluding carboxylic acids is 2. The third kappa shape index (κ3) is 4.27. The van der Waals surface area contributed by atoms with E-state index in [2.05, 4.69) is 0 Å². The highest BCUT2D eigenvalue weighted by Gasteiger charge is 2.28. The number of benzene rings is 2. The lowest BCUT2D eigenvalue weighted by Gasteiger charge is -2.19. The largest absolute Gasteiger partial charge is 0.493 e. The highest BCUT2D eigenvalue weighted by atomic mass is 16.5. The van der Waals surface area contributed by atoms with Crippen molar-refractivity contribution in [3.05, 3.63) is 47.5 Å². The van der Waals surface area contributed by atoms with Crippen molar-refractivity contribution in [1.82, 2.24) is 0 Å². The molecular formula is C22H26O6. The highest BCUT2D eigenvalue weighted by molar-refractivity contribution is 6.05. The fraction of sp³-hybridized carbons (Fsp3) is 0.364. The summed E-state index contributed by atoms with van der Waals surface area (Å²) in [6.45, 7) is 3.50. The van der Waals surface area contributed by atoms with Crippen molar-refractivity contribution < 1.29 is 28.5 Å². The number of ketones is 2. The number of ether oxygens (including phenoxy) is 4. The van der Waals surface area contributed by atoms with Crippen LogP contribution in [0.3, 0.4) is 0 Å². The molecule has 0 unspecified atom stereocenters. The van der Waals surface area contributed by atoms with Crippen molar-refractivity contribution in [3.8, 4) is 23.0 Å². The minimum absolute atomic E-state index is 0.137. The van der Waals surface area contributed by atoms with Crippen LogP contribution in [0.15, 0.2) is 36.4 Å². The fourth-order valence-electron chi connectivity index (χ4n) is 2.96. The van der Waals surface area contributed by atoms with Crippen molar-refractivity contribution >= 4 is 11.6 Å². The summed E-state index contributed by atoms with van der Waals surface area (Å²) in [4.78, 5) is 25.8. The highest BCUT2D eigenvalue weighted by Crippen LogP contribution is 2.32. The summed E-state index contributed by atoms with van der Waals surface area (Å²) in [5, 5.41) is 0. The maximum absolute atomic E-state index is 12.9. The maximum Gasteiger partial charge on any atom is 0.166 e. The second-order valence-electron chi connectivity index (χ2n) is 6.45. The van der Waals surface area contributed by atoms with Crippen LogP contribution in [0.1, 0.15) is 34.6 Å². The van der Waals surface area contributed by atoms with E-state index in [1.54, 1.807) is 50.2 Å². The van der Waals surface area contributed by atoms with Gasteiger partial charge in [-0.25, -0.2) is 0 Å². The van der Waals surface area contributed by atoms with E-state index in [1.165, 1.54) is 28.4 Å². The first-order valence-electron chi connectivity index (χ1n) is 8.90. The molecule has 0 bridgehead atoms. The Morgan fingerprint density at radius 2 is 0.929 bits per heavy atom. The average Bonchev–Trinajstić information content (AvgIpc) is 2.75. The summed E-state index contributed by atoms with van der Waals surface area (Å²) in [5.41, 5.74) is 0.939. The summed E-state index contributed by atoms with van der Waals surface area (Å²) in [6.07, 6.45) is 0. The van der Waals surface area contributed by atoms with E-state index >= 15 is 0 Å². The summed E-state index contributed by atoms with van der Waals surface area (Å²) in [5.74, 6) is 0.725. The van der Waals surface area contributed by atoms with Crippen LogP contribution < -0.4 is 18.9 Å². The normalized spacial score (nSPS) is 12.6. The molecule has 0 aliphatic rings. The van der Waals surface area contributed by atoms with E-state index in [-0.39, 0.29) is 11.6 Å². The minimum atomic E-state index is -0.515. The van der Waals surface area contributed by atoms with Crippen molar-refractivity contribution in [2.75, 3.05) is 28.4 Å². The molecule has 0 aliphatic carbocycles. The average molecular weight is 386 g/mol. The van der Waals surface area contributed by atoms with Crippen molar-refractivity contribution in [2.24, 2.45) is 11.8 Å². The summed E-state index contributed by atoms with van der Waals surface area (Å²) < 4.78 is 20.9. The summed E-state index contributed by atoms with van der Waals surface area (Å²) in [7, 11) is 6.09. The Hall–Kier alpha value is -3.02. The van der Waals surface area contributed by atoms with E-state index in [4.69, 9.17) is 18.9 Å². The van der Waals surface area contributed by atoms with Crippen LogP contribution in [0.5, 0.6) is 23.0 Å². The van der Waals surface area contributed by atoms with Crippen molar-refractivity contribution in [2.45, 2.75) is 13.8 Å². The Morgan fingerprint density at radius 3 is 1.21 bits per heavy atom. The maximum atomic E-state index is 12.9. The zero-order chi connectivity index (χ0) is 20.8. The second-order valence-corrected chi connectivity index (χ2v) is 6.45. The molecule has 0 N–H and O–H groups in total. The molecule has 2 atom stereocenters. The first-order valence-corrected chi connectivity index (χ1v) is 8.90. The third-order valence-corrected chi connectivity index (χ3v) is 4.91. The van der Waals surface area contributed by atoms with Crippen LogP contribution in [-0.4, -0.2) is 40.0 Å². The van der Waals surface area contributed by atoms with Crippen molar-refractivity contribution in [1.29, 1.82) is 0 Å². The third-order valence-electron chi connectivity index (χ3n) is 4.91. The smallest absolute Gasteiger partial charge is 0.166 e. The molecule has 0 aliphatic heterocycles. The van der Waals surface area contributed by atoms with Gasteiger partial charge in [0.1, 0.15) is 0 Å². The van der Waals surface area contributed by atoms with Gasteiger partial charge in [-0.2, -0.15) is 0 Å². The molecule has 2 aromatic rings. The summed E-state index contributed by atoms with van der Waals surface area (Å²) >= 11 is 0. The monoisotopic (exact) mass is 386 g/mol. The molecule has 6 nitrogen and oxygen atoms in total. The number of hydrogen-bond donors (Lipinski definition) is 0. The van der Waals surface area contributed by atoms with E-state index in [0.717, 1.165) is 0 Å². The number of rotatable bonds is 9. The van der Waals surface area contributed by atoms with Crippen LogP contribution in [0, 0.1) is 11.8 Å². The predicted octanol–water partition coefficient (Wildman–Crippen LogP) is 4.06. The zero-order valence-corrected chi connectivity index (χ0v) is 17.1. The molecule has 0 saturated carbocycles. The van der Waals surface area contributed by atoms with Gasteiger partial charge >= 0.3 is 0 Å². The SMILES string of the molecule is COc1ccc(C(=O)[C@@H](C)[C@@H](C)C(=O)c2ccc(OC)c(OC)c2)cc1OC. The van der Waals surface area contributed by atoms with Gasteiger partial charge in [0.15, 0.2) is 34.6 Å². The molecule has 2 rings (SSSR count). The van der Waals surface area contributed by atoms with E-state index in [0.29, 0.717) is 34.1 Å². The van der Waals surface area contributed by atoms with E-state index < -0.39 is 11.8 Å². The molecule has 150 valence electrons. The molecule has 0 heterocycles. The van der Waals surface area contributed by atoms with E-state index in [9.17, 15) is 9.59 Å². The van der Waals surface area contributed by atoms with Gasteiger partial charge in [0.25, 0.3) is 0 Å². The molecule has 2 aromatic carbocycles. The molecule has 0 aromatic heterocycles. The standard InChI is InChI=1S/C22H26O6/c1-13(21(23)15-7-9-17(25-3)19(11-15)27-5)14(2)22(24)16-8-10-18(26-4)20(12-16)28-6/h7-14H,1-6H3/t13-,14+. The van der Waals surface area contributed by atoms with Crippen LogP contribution >= 0.6 is 0 Å². The molecule has 0 fully saturated rings. The summed E-state index contributed by atoms with van der Waals surface area (Å²) in [6, 6.07) is 9.97. The molecule has 0 spiro atoms. The van der Waals surface area contributed by atoms with Crippen LogP contribution in [0.2, 0.25) is 0 Å². The van der Waals surface area contributed by atoms with Crippen molar-refractivity contribution in [3.63, 3.8) is 0 Å². The van der Waals surface area contributed by atoms with Gasteiger partial charge in [0.05, 0.1) is 28.4 Å². The Morgan fingerprint density at radius 1 is 0.607 bits per heavy atom. The van der Waals surface area contributed by atoms with Gasteiger partial charge in [0.2, 0.25) is 0 Å². The zero-order valence-electron chi connectivity index (χ0n) is 17.1. The number of methoxy groups -OCH3 is 4. The first kappa shape index (κ1) is 21.3. The molecular weight excluding hydrogens is 360 g/mol. The molecule has 28 heavy (non-hydrogen) atoms. The molecule has 0 amide bonds. The first-order chi connectivity index (χ1) is 13.4. The molecule has 6 heteroatoms. The van der Waals surface area contributed by atoms with Gasteiger partial charge < -0.3 is 18.9 Å². The Balaban J connectivity index is 2.24. The number of hydrogen-bond acceptors (Lipinski definition) is 6. The lowest BCUT2D eigenvalue weighted by atomic mass is 9.83. The van der Waals surface area contributed by atoms with Gasteiger partial charge in [-0.15, -0.1) is 0 Å². The lowest BCUT2D eigenvalue weighted by Crippen LogP contribution is -2.26. The minimum Gasteiger partial charge on any atom is -0.493 e. The predicted molar refractivity (Wildman–Crippen MR) is 106 cm³/mol. The number of carbonyl (C=O) groups is 2. The fourth-order valence-corrected chi connectivity index (χ4v) is 2.96. The van der Waals surface area contributed by atoms with Gasteiger partial charge in [-0.05, 0) is 36.4 Å². The molecule has 0 saturated heterocycles. The topological polar surface area (TPSA) is 71.1 Å². The van der Waals surface area contributed by atoms with E-state index in [1.807, 2.05) is 0 Å². The Kier molecular flexibility index (Phi) is 7.04. The van der Waals surface area contributed by atoms with Crippen LogP contribution in [0.25, 0.3) is 0 Å². The van der Waals surface area contributed by atoms with Gasteiger partial charge in [0, 0.05) is 23.0 Å². The Bertz CT molecular complexity index is 787. The second kappa shape index (κ2) is 9.26. The molecule has 0 radical (unpaired) electrons. The number of Topliss-reactive ketones (excluding diaryl/α,β-unsaturated/α-hetero) is 2.